The molecule has 1 aliphatic heterocycles. The van der Waals surface area contributed by atoms with Crippen LogP contribution in [0.2, 0.25) is 0 Å². The number of nitrogens with zero attached hydrogens (tertiary/aromatic N) is 5. The molecular weight excluding hydrogens is 274 g/mol. The van der Waals surface area contributed by atoms with Crippen molar-refractivity contribution in [1.29, 1.82) is 0 Å². The zero-order valence-electron chi connectivity index (χ0n) is 10.8. The SMILES string of the molecule is c1nnsc1-c1cc2c(cn1)cnn2C1CCCCO1. The van der Waals surface area contributed by atoms with E-state index >= 15 is 0 Å². The average Bonchev–Trinajstić information content (AvgIpc) is 3.17. The number of ether oxygens (including phenoxy) is 1. The molecule has 3 aromatic heterocycles. The lowest BCUT2D eigenvalue weighted by Crippen LogP contribution is -2.18. The van der Waals surface area contributed by atoms with Crippen molar-refractivity contribution in [3.8, 4) is 10.6 Å². The van der Waals surface area contributed by atoms with E-state index in [2.05, 4.69) is 19.7 Å². The molecule has 3 aromatic rings. The van der Waals surface area contributed by atoms with E-state index in [1.165, 1.54) is 18.0 Å². The van der Waals surface area contributed by atoms with Gasteiger partial charge in [-0.15, -0.1) is 5.10 Å². The highest BCUT2D eigenvalue weighted by atomic mass is 32.1. The highest BCUT2D eigenvalue weighted by Crippen LogP contribution is 2.28. The van der Waals surface area contributed by atoms with Crippen LogP contribution in [-0.4, -0.2) is 31.0 Å². The maximum atomic E-state index is 5.82. The molecule has 1 aliphatic rings. The van der Waals surface area contributed by atoms with Crippen LogP contribution in [0.15, 0.2) is 24.7 Å². The first-order chi connectivity index (χ1) is 9.92. The van der Waals surface area contributed by atoms with Gasteiger partial charge in [-0.1, -0.05) is 4.49 Å². The quantitative estimate of drug-likeness (QED) is 0.725. The third-order valence-corrected chi connectivity index (χ3v) is 4.21. The zero-order chi connectivity index (χ0) is 13.4. The number of rotatable bonds is 2. The molecule has 0 spiro atoms. The second-order valence-electron chi connectivity index (χ2n) is 4.82. The van der Waals surface area contributed by atoms with E-state index in [0.29, 0.717) is 0 Å². The van der Waals surface area contributed by atoms with Gasteiger partial charge in [-0.25, -0.2) is 4.68 Å². The van der Waals surface area contributed by atoms with Gasteiger partial charge in [0.2, 0.25) is 0 Å². The highest BCUT2D eigenvalue weighted by molar-refractivity contribution is 7.09. The van der Waals surface area contributed by atoms with Gasteiger partial charge in [0.25, 0.3) is 0 Å². The van der Waals surface area contributed by atoms with Crippen molar-refractivity contribution >= 4 is 22.4 Å². The molecule has 0 amide bonds. The van der Waals surface area contributed by atoms with Gasteiger partial charge in [0, 0.05) is 18.2 Å². The Morgan fingerprint density at radius 1 is 1.25 bits per heavy atom. The molecule has 1 unspecified atom stereocenters. The first-order valence-electron chi connectivity index (χ1n) is 6.64. The van der Waals surface area contributed by atoms with Gasteiger partial charge in [-0.2, -0.15) is 5.10 Å². The van der Waals surface area contributed by atoms with Crippen molar-refractivity contribution in [1.82, 2.24) is 24.4 Å². The summed E-state index contributed by atoms with van der Waals surface area (Å²) in [6.45, 7) is 0.808. The Hall–Kier alpha value is -1.86. The summed E-state index contributed by atoms with van der Waals surface area (Å²) in [5, 5.41) is 9.35. The molecule has 102 valence electrons. The second-order valence-corrected chi connectivity index (χ2v) is 5.61. The molecule has 1 fully saturated rings. The van der Waals surface area contributed by atoms with Gasteiger partial charge < -0.3 is 4.74 Å². The largest absolute Gasteiger partial charge is 0.356 e. The van der Waals surface area contributed by atoms with E-state index in [4.69, 9.17) is 4.74 Å². The second kappa shape index (κ2) is 4.92. The van der Waals surface area contributed by atoms with Crippen LogP contribution >= 0.6 is 11.5 Å². The maximum absolute atomic E-state index is 5.82. The molecule has 7 heteroatoms. The average molecular weight is 287 g/mol. The van der Waals surface area contributed by atoms with Crippen molar-refractivity contribution in [3.63, 3.8) is 0 Å². The Balaban J connectivity index is 1.79. The summed E-state index contributed by atoms with van der Waals surface area (Å²) in [7, 11) is 0. The molecule has 1 atom stereocenters. The third-order valence-electron chi connectivity index (χ3n) is 3.52. The van der Waals surface area contributed by atoms with E-state index in [0.717, 1.165) is 40.9 Å². The summed E-state index contributed by atoms with van der Waals surface area (Å²) in [6, 6.07) is 2.04. The topological polar surface area (TPSA) is 65.7 Å². The summed E-state index contributed by atoms with van der Waals surface area (Å²) in [5.41, 5.74) is 1.93. The number of hydrogen-bond acceptors (Lipinski definition) is 6. The van der Waals surface area contributed by atoms with E-state index in [9.17, 15) is 0 Å². The minimum atomic E-state index is 0.0380. The standard InChI is InChI=1S/C13H13N5OS/c1-2-4-19-13(3-1)18-11-5-10(12-8-15-17-20-12)14-6-9(11)7-16-18/h5-8,13H,1-4H2. The first kappa shape index (κ1) is 11.9. The van der Waals surface area contributed by atoms with Crippen LogP contribution in [0.25, 0.3) is 21.5 Å². The van der Waals surface area contributed by atoms with Gasteiger partial charge in [0.05, 0.1) is 28.5 Å². The Bertz CT molecular complexity index is 718. The number of fused-ring (bicyclic) bond motifs is 1. The van der Waals surface area contributed by atoms with E-state index in [-0.39, 0.29) is 6.23 Å². The van der Waals surface area contributed by atoms with Crippen molar-refractivity contribution < 1.29 is 4.74 Å². The van der Waals surface area contributed by atoms with Crippen molar-refractivity contribution in [2.45, 2.75) is 25.5 Å². The molecular formula is C13H13N5OS. The van der Waals surface area contributed by atoms with E-state index in [1.807, 2.05) is 23.1 Å². The van der Waals surface area contributed by atoms with E-state index in [1.54, 1.807) is 6.20 Å². The maximum Gasteiger partial charge on any atom is 0.150 e. The molecule has 0 bridgehead atoms. The molecule has 0 aliphatic carbocycles. The Morgan fingerprint density at radius 2 is 2.25 bits per heavy atom. The summed E-state index contributed by atoms with van der Waals surface area (Å²) in [5.74, 6) is 0. The first-order valence-corrected chi connectivity index (χ1v) is 7.42. The lowest BCUT2D eigenvalue weighted by atomic mass is 10.2. The summed E-state index contributed by atoms with van der Waals surface area (Å²) < 4.78 is 11.7. The number of aromatic nitrogens is 5. The minimum Gasteiger partial charge on any atom is -0.356 e. The zero-order valence-corrected chi connectivity index (χ0v) is 11.6. The van der Waals surface area contributed by atoms with Crippen molar-refractivity contribution in [3.05, 3.63) is 24.7 Å². The van der Waals surface area contributed by atoms with Gasteiger partial charge in [0.1, 0.15) is 0 Å². The molecule has 0 aromatic carbocycles. The van der Waals surface area contributed by atoms with Gasteiger partial charge in [-0.05, 0) is 36.9 Å². The number of hydrogen-bond donors (Lipinski definition) is 0. The summed E-state index contributed by atoms with van der Waals surface area (Å²) in [4.78, 5) is 5.41. The van der Waals surface area contributed by atoms with Crippen LogP contribution in [0.1, 0.15) is 25.5 Å². The molecule has 1 saturated heterocycles. The van der Waals surface area contributed by atoms with Crippen LogP contribution < -0.4 is 0 Å². The normalized spacial score (nSPS) is 19.5. The third kappa shape index (κ3) is 1.99. The fourth-order valence-corrected chi connectivity index (χ4v) is 2.98. The molecule has 4 heterocycles. The smallest absolute Gasteiger partial charge is 0.150 e. The van der Waals surface area contributed by atoms with Crippen LogP contribution in [0, 0.1) is 0 Å². The fourth-order valence-electron chi connectivity index (χ4n) is 2.50. The van der Waals surface area contributed by atoms with Gasteiger partial charge in [0.15, 0.2) is 6.23 Å². The van der Waals surface area contributed by atoms with Crippen LogP contribution in [0.4, 0.5) is 0 Å². The summed E-state index contributed by atoms with van der Waals surface area (Å²) >= 11 is 1.34. The molecule has 0 saturated carbocycles. The molecule has 0 N–H and O–H groups in total. The summed E-state index contributed by atoms with van der Waals surface area (Å²) in [6.07, 6.45) is 8.78. The minimum absolute atomic E-state index is 0.0380. The molecule has 0 radical (unpaired) electrons. The fraction of sp³-hybridized carbons (Fsp3) is 0.385. The molecule has 6 nitrogen and oxygen atoms in total. The van der Waals surface area contributed by atoms with Gasteiger partial charge in [-0.3, -0.25) is 4.98 Å². The van der Waals surface area contributed by atoms with Crippen LogP contribution in [0.3, 0.4) is 0 Å². The van der Waals surface area contributed by atoms with E-state index < -0.39 is 0 Å². The number of pyridine rings is 1. The monoisotopic (exact) mass is 287 g/mol. The molecule has 4 rings (SSSR count). The van der Waals surface area contributed by atoms with Crippen molar-refractivity contribution in [2.75, 3.05) is 6.61 Å². The molecule has 20 heavy (non-hydrogen) atoms. The Kier molecular flexibility index (Phi) is 2.93. The Labute approximate surface area is 119 Å². The lowest BCUT2D eigenvalue weighted by molar-refractivity contribution is -0.0366. The van der Waals surface area contributed by atoms with Gasteiger partial charge >= 0.3 is 0 Å². The predicted octanol–water partition coefficient (Wildman–Crippen LogP) is 2.65. The van der Waals surface area contributed by atoms with Crippen LogP contribution in [-0.2, 0) is 4.74 Å². The lowest BCUT2D eigenvalue weighted by Gasteiger charge is -2.23. The van der Waals surface area contributed by atoms with Crippen LogP contribution in [0.5, 0.6) is 0 Å². The Morgan fingerprint density at radius 3 is 3.05 bits per heavy atom. The predicted molar refractivity (Wildman–Crippen MR) is 75.3 cm³/mol. The van der Waals surface area contributed by atoms with Crippen molar-refractivity contribution in [2.24, 2.45) is 0 Å². The highest BCUT2D eigenvalue weighted by Gasteiger charge is 2.19.